The highest BCUT2D eigenvalue weighted by Gasteiger charge is 2.29. The summed E-state index contributed by atoms with van der Waals surface area (Å²) in [5.74, 6) is -1.08. The molecule has 8 nitrogen and oxygen atoms in total. The van der Waals surface area contributed by atoms with Crippen LogP contribution >= 0.6 is 11.3 Å². The molecule has 2 aromatic carbocycles. The van der Waals surface area contributed by atoms with E-state index in [0.29, 0.717) is 23.8 Å². The molecule has 1 aromatic heterocycles. The quantitative estimate of drug-likeness (QED) is 0.472. The number of amides is 2. The van der Waals surface area contributed by atoms with Crippen LogP contribution in [0.15, 0.2) is 53.9 Å². The largest absolute Gasteiger partial charge is 0.481 e. The van der Waals surface area contributed by atoms with Gasteiger partial charge in [-0.15, -0.1) is 11.3 Å². The van der Waals surface area contributed by atoms with Gasteiger partial charge in [-0.25, -0.2) is 9.78 Å². The van der Waals surface area contributed by atoms with Gasteiger partial charge >= 0.3 is 12.1 Å². The van der Waals surface area contributed by atoms with Crippen LogP contribution in [0.5, 0.6) is 0 Å². The van der Waals surface area contributed by atoms with Crippen LogP contribution < -0.4 is 5.32 Å². The van der Waals surface area contributed by atoms with Crippen molar-refractivity contribution in [1.82, 2.24) is 9.88 Å². The molecule has 0 atom stereocenters. The van der Waals surface area contributed by atoms with Gasteiger partial charge in [0.2, 0.25) is 5.91 Å². The number of hydrogen-bond donors (Lipinski definition) is 2. The molecule has 0 spiro atoms. The fourth-order valence-electron chi connectivity index (χ4n) is 4.05. The molecule has 4 rings (SSSR count). The average molecular weight is 480 g/mol. The minimum absolute atomic E-state index is 0.0164. The third-order valence-electron chi connectivity index (χ3n) is 5.75. The monoisotopic (exact) mass is 479 g/mol. The number of carboxylic acids is 1. The van der Waals surface area contributed by atoms with E-state index < -0.39 is 12.1 Å². The Labute approximate surface area is 201 Å². The van der Waals surface area contributed by atoms with Crippen molar-refractivity contribution in [2.45, 2.75) is 25.2 Å². The van der Waals surface area contributed by atoms with Gasteiger partial charge in [-0.1, -0.05) is 48.5 Å². The van der Waals surface area contributed by atoms with Gasteiger partial charge in [0.05, 0.1) is 12.1 Å². The van der Waals surface area contributed by atoms with Gasteiger partial charge in [0.1, 0.15) is 6.61 Å². The summed E-state index contributed by atoms with van der Waals surface area (Å²) in [6.07, 6.45) is -0.113. The molecule has 34 heavy (non-hydrogen) atoms. The van der Waals surface area contributed by atoms with E-state index in [9.17, 15) is 14.4 Å². The minimum atomic E-state index is -0.885. The number of likely N-dealkylation sites (N-methyl/N-ethyl adjacent to an activating group) is 1. The number of anilines is 1. The SMILES string of the molecule is CN(CCCC(=O)O)C(=O)Cc1csc(NC(=O)OCC2c3ccccc3-c3ccccc32)n1. The van der Waals surface area contributed by atoms with Crippen molar-refractivity contribution in [3.63, 3.8) is 0 Å². The summed E-state index contributed by atoms with van der Waals surface area (Å²) in [7, 11) is 1.63. The second-order valence-corrected chi connectivity index (χ2v) is 8.94. The highest BCUT2D eigenvalue weighted by Crippen LogP contribution is 2.44. The number of nitrogens with one attached hydrogen (secondary N) is 1. The first-order chi connectivity index (χ1) is 16.4. The standard InChI is InChI=1S/C25H25N3O5S/c1-28(12-6-11-23(30)31)22(29)13-16-15-34-24(26-16)27-25(32)33-14-21-19-9-4-2-7-17(19)18-8-3-5-10-20(18)21/h2-5,7-10,15,21H,6,11-14H2,1H3,(H,30,31)(H,26,27,32). The van der Waals surface area contributed by atoms with Gasteiger partial charge in [0.25, 0.3) is 0 Å². The summed E-state index contributed by atoms with van der Waals surface area (Å²) in [6, 6.07) is 16.3. The minimum Gasteiger partial charge on any atom is -0.481 e. The number of aliphatic carboxylic acids is 1. The summed E-state index contributed by atoms with van der Waals surface area (Å²) in [6.45, 7) is 0.567. The Hall–Kier alpha value is -3.72. The van der Waals surface area contributed by atoms with Crippen LogP contribution in [0.25, 0.3) is 11.1 Å². The van der Waals surface area contributed by atoms with E-state index in [1.807, 2.05) is 24.3 Å². The first-order valence-corrected chi connectivity index (χ1v) is 11.8. The highest BCUT2D eigenvalue weighted by atomic mass is 32.1. The van der Waals surface area contributed by atoms with Gasteiger partial charge in [0, 0.05) is 31.3 Å². The van der Waals surface area contributed by atoms with Crippen molar-refractivity contribution in [3.05, 3.63) is 70.7 Å². The van der Waals surface area contributed by atoms with Gasteiger partial charge in [-0.3, -0.25) is 14.9 Å². The number of fused-ring (bicyclic) bond motifs is 3. The summed E-state index contributed by atoms with van der Waals surface area (Å²) in [5, 5.41) is 13.4. The number of thiazole rings is 1. The molecule has 0 unspecified atom stereocenters. The lowest BCUT2D eigenvalue weighted by atomic mass is 9.98. The molecule has 2 N–H and O–H groups in total. The Morgan fingerprint density at radius 1 is 1.09 bits per heavy atom. The van der Waals surface area contributed by atoms with Crippen LogP contribution in [0.4, 0.5) is 9.93 Å². The fourth-order valence-corrected chi connectivity index (χ4v) is 4.75. The van der Waals surface area contributed by atoms with Crippen molar-refractivity contribution in [1.29, 1.82) is 0 Å². The van der Waals surface area contributed by atoms with Gasteiger partial charge < -0.3 is 14.7 Å². The summed E-state index contributed by atoms with van der Waals surface area (Å²) < 4.78 is 5.53. The molecular weight excluding hydrogens is 454 g/mol. The predicted octanol–water partition coefficient (Wildman–Crippen LogP) is 4.37. The number of carbonyl (C=O) groups is 3. The van der Waals surface area contributed by atoms with Crippen LogP contribution in [-0.2, 0) is 20.7 Å². The Morgan fingerprint density at radius 3 is 2.38 bits per heavy atom. The number of aromatic nitrogens is 1. The topological polar surface area (TPSA) is 109 Å². The first kappa shape index (κ1) is 23.4. The number of nitrogens with zero attached hydrogens (tertiary/aromatic N) is 2. The predicted molar refractivity (Wildman–Crippen MR) is 129 cm³/mol. The summed E-state index contributed by atoms with van der Waals surface area (Å²) in [4.78, 5) is 41.1. The zero-order chi connectivity index (χ0) is 24.1. The summed E-state index contributed by atoms with van der Waals surface area (Å²) >= 11 is 1.22. The van der Waals surface area contributed by atoms with Crippen molar-refractivity contribution < 1.29 is 24.2 Å². The molecule has 176 valence electrons. The molecule has 0 radical (unpaired) electrons. The molecule has 0 saturated heterocycles. The van der Waals surface area contributed by atoms with Crippen molar-refractivity contribution >= 4 is 34.4 Å². The van der Waals surface area contributed by atoms with Gasteiger partial charge in [0.15, 0.2) is 5.13 Å². The van der Waals surface area contributed by atoms with E-state index in [4.69, 9.17) is 9.84 Å². The lowest BCUT2D eigenvalue weighted by Crippen LogP contribution is -2.29. The maximum atomic E-state index is 12.4. The molecule has 0 saturated carbocycles. The third kappa shape index (κ3) is 5.43. The second-order valence-electron chi connectivity index (χ2n) is 8.08. The molecule has 0 fully saturated rings. The highest BCUT2D eigenvalue weighted by molar-refractivity contribution is 7.13. The Morgan fingerprint density at radius 2 is 1.74 bits per heavy atom. The summed E-state index contributed by atoms with van der Waals surface area (Å²) in [5.41, 5.74) is 5.13. The van der Waals surface area contributed by atoms with Crippen LogP contribution in [-0.4, -0.2) is 53.2 Å². The second kappa shape index (κ2) is 10.5. The lowest BCUT2D eigenvalue weighted by molar-refractivity contribution is -0.138. The number of hydrogen-bond acceptors (Lipinski definition) is 6. The van der Waals surface area contributed by atoms with E-state index >= 15 is 0 Å². The van der Waals surface area contributed by atoms with Crippen molar-refractivity contribution in [2.75, 3.05) is 25.5 Å². The van der Waals surface area contributed by atoms with Crippen LogP contribution in [0.2, 0.25) is 0 Å². The maximum Gasteiger partial charge on any atom is 0.413 e. The molecule has 3 aromatic rings. The molecule has 2 amide bonds. The van der Waals surface area contributed by atoms with Gasteiger partial charge in [-0.05, 0) is 28.7 Å². The number of carboxylic acid groups (broad SMARTS) is 1. The number of ether oxygens (including phenoxy) is 1. The van der Waals surface area contributed by atoms with Crippen LogP contribution in [0.1, 0.15) is 35.6 Å². The van der Waals surface area contributed by atoms with Crippen LogP contribution in [0, 0.1) is 0 Å². The molecule has 1 aliphatic carbocycles. The molecular formula is C25H25N3O5S. The Bertz CT molecular complexity index is 1160. The maximum absolute atomic E-state index is 12.4. The van der Waals surface area contributed by atoms with Crippen molar-refractivity contribution in [2.24, 2.45) is 0 Å². The number of benzene rings is 2. The van der Waals surface area contributed by atoms with E-state index in [-0.39, 0.29) is 31.3 Å². The third-order valence-corrected chi connectivity index (χ3v) is 6.55. The number of carbonyl (C=O) groups excluding carboxylic acids is 2. The molecule has 0 aliphatic heterocycles. The Balaban J connectivity index is 1.29. The smallest absolute Gasteiger partial charge is 0.413 e. The van der Waals surface area contributed by atoms with Crippen LogP contribution in [0.3, 0.4) is 0 Å². The lowest BCUT2D eigenvalue weighted by Gasteiger charge is -2.15. The number of rotatable bonds is 9. The zero-order valence-electron chi connectivity index (χ0n) is 18.7. The van der Waals surface area contributed by atoms with E-state index in [1.54, 1.807) is 12.4 Å². The van der Waals surface area contributed by atoms with E-state index in [0.717, 1.165) is 22.3 Å². The molecule has 1 aliphatic rings. The first-order valence-electron chi connectivity index (χ1n) is 10.9. The average Bonchev–Trinajstić information content (AvgIpc) is 3.39. The fraction of sp³-hybridized carbons (Fsp3) is 0.280. The van der Waals surface area contributed by atoms with E-state index in [1.165, 1.54) is 16.2 Å². The zero-order valence-corrected chi connectivity index (χ0v) is 19.5. The molecule has 9 heteroatoms. The Kier molecular flexibility index (Phi) is 7.22. The van der Waals surface area contributed by atoms with E-state index in [2.05, 4.69) is 34.6 Å². The van der Waals surface area contributed by atoms with Crippen molar-refractivity contribution in [3.8, 4) is 11.1 Å². The molecule has 0 bridgehead atoms. The normalized spacial score (nSPS) is 12.0. The molecule has 1 heterocycles. The van der Waals surface area contributed by atoms with Gasteiger partial charge in [-0.2, -0.15) is 0 Å².